The molecule has 0 nitrogen and oxygen atoms in total. The minimum atomic E-state index is -0.826. The van der Waals surface area contributed by atoms with Gasteiger partial charge in [0, 0.05) is 9.52 Å². The van der Waals surface area contributed by atoms with Gasteiger partial charge >= 0.3 is 37.9 Å². The van der Waals surface area contributed by atoms with Crippen LogP contribution in [0.25, 0.3) is 43.8 Å². The molecular weight excluding hydrogens is 707 g/mol. The fraction of sp³-hybridized carbons (Fsp3) is 0.302. The van der Waals surface area contributed by atoms with Crippen molar-refractivity contribution in [2.45, 2.75) is 85.2 Å². The van der Waals surface area contributed by atoms with Crippen LogP contribution in [0.5, 0.6) is 0 Å². The first-order valence-electron chi connectivity index (χ1n) is 16.7. The van der Waals surface area contributed by atoms with E-state index in [2.05, 4.69) is 170 Å². The van der Waals surface area contributed by atoms with E-state index in [1.165, 1.54) is 79.8 Å². The number of benzene rings is 4. The maximum atomic E-state index is 4.93. The molecule has 0 saturated carbocycles. The second kappa shape index (κ2) is 19.7. The number of halogens is 2. The van der Waals surface area contributed by atoms with E-state index in [4.69, 9.17) is 17.0 Å². The SMILES string of the molecule is CC(C)(C)c1ccc(-c2cccc3[cH-]ccc23)cc1.CCCc1cc2c(-c3ccc(C(C)CC)cc3)cccc2[cH-]1.C[Si]C.[Cl][Zr+2][Cl]. The molecule has 0 saturated heterocycles. The number of hydrogen-bond acceptors (Lipinski definition) is 0. The van der Waals surface area contributed by atoms with E-state index in [-0.39, 0.29) is 5.41 Å². The molecule has 0 N–H and O–H groups in total. The van der Waals surface area contributed by atoms with Gasteiger partial charge in [-0.15, -0.1) is 63.5 Å². The van der Waals surface area contributed by atoms with Gasteiger partial charge in [0.2, 0.25) is 0 Å². The molecule has 0 aliphatic rings. The summed E-state index contributed by atoms with van der Waals surface area (Å²) in [4.78, 5) is 0. The van der Waals surface area contributed by atoms with E-state index in [0.29, 0.717) is 5.92 Å². The first-order valence-corrected chi connectivity index (χ1v) is 25.0. The van der Waals surface area contributed by atoms with Crippen molar-refractivity contribution >= 4 is 48.1 Å². The zero-order valence-electron chi connectivity index (χ0n) is 29.4. The predicted octanol–water partition coefficient (Wildman–Crippen LogP) is 14.4. The molecule has 0 amide bonds. The summed E-state index contributed by atoms with van der Waals surface area (Å²) in [7, 11) is 11.0. The van der Waals surface area contributed by atoms with Crippen LogP contribution in [-0.2, 0) is 32.7 Å². The minimum absolute atomic E-state index is 0.213. The van der Waals surface area contributed by atoms with Gasteiger partial charge in [0.1, 0.15) is 0 Å². The van der Waals surface area contributed by atoms with Crippen molar-refractivity contribution in [3.63, 3.8) is 0 Å². The Morgan fingerprint density at radius 3 is 1.81 bits per heavy atom. The summed E-state index contributed by atoms with van der Waals surface area (Å²) in [6, 6.07) is 42.5. The van der Waals surface area contributed by atoms with Gasteiger partial charge < -0.3 is 0 Å². The van der Waals surface area contributed by atoms with Gasteiger partial charge in [0.05, 0.1) is 0 Å². The Balaban J connectivity index is 0.000000221. The summed E-state index contributed by atoms with van der Waals surface area (Å²) >= 11 is -0.826. The van der Waals surface area contributed by atoms with E-state index >= 15 is 0 Å². The fourth-order valence-corrected chi connectivity index (χ4v) is 5.77. The molecule has 6 aromatic rings. The topological polar surface area (TPSA) is 0 Å². The molecule has 6 aromatic carbocycles. The molecule has 47 heavy (non-hydrogen) atoms. The van der Waals surface area contributed by atoms with Crippen LogP contribution in [0, 0.1) is 0 Å². The van der Waals surface area contributed by atoms with Crippen molar-refractivity contribution < 1.29 is 20.8 Å². The molecule has 0 fully saturated rings. The third kappa shape index (κ3) is 11.2. The maximum absolute atomic E-state index is 4.93. The number of hydrogen-bond donors (Lipinski definition) is 0. The molecule has 1 atom stereocenters. The zero-order chi connectivity index (χ0) is 34.4. The Morgan fingerprint density at radius 2 is 1.28 bits per heavy atom. The molecule has 0 aromatic heterocycles. The molecular formula is C43H50Cl2SiZr. The molecule has 0 aliphatic carbocycles. The summed E-state index contributed by atoms with van der Waals surface area (Å²) < 4.78 is 0. The van der Waals surface area contributed by atoms with Crippen molar-refractivity contribution in [1.29, 1.82) is 0 Å². The van der Waals surface area contributed by atoms with Crippen molar-refractivity contribution in [2.75, 3.05) is 0 Å². The Labute approximate surface area is 306 Å². The molecule has 0 heterocycles. The average molecular weight is 757 g/mol. The van der Waals surface area contributed by atoms with E-state index in [0.717, 1.165) is 9.52 Å². The third-order valence-corrected chi connectivity index (χ3v) is 8.49. The van der Waals surface area contributed by atoms with Gasteiger partial charge in [-0.05, 0) is 46.4 Å². The van der Waals surface area contributed by atoms with Crippen molar-refractivity contribution in [3.8, 4) is 22.3 Å². The summed E-state index contributed by atoms with van der Waals surface area (Å²) in [6.07, 6.45) is 3.56. The molecule has 2 radical (unpaired) electrons. The Kier molecular flexibility index (Phi) is 16.4. The van der Waals surface area contributed by atoms with Crippen LogP contribution >= 0.6 is 17.0 Å². The Morgan fingerprint density at radius 1 is 0.745 bits per heavy atom. The predicted molar refractivity (Wildman–Crippen MR) is 211 cm³/mol. The Bertz CT molecular complexity index is 1750. The summed E-state index contributed by atoms with van der Waals surface area (Å²) in [6.45, 7) is 17.8. The standard InChI is InChI=1S/C22H25.C19H19.C2H6Si.2ClH.Zr/c1-4-7-17-14-20-8-6-9-21(22(20)15-17)19-12-10-18(11-13-19)16(3)5-2;1-19(2,3)16-12-10-15(11-13-16)18-9-5-7-14-6-4-8-17(14)18;1-3-2;;;/h6,8-16H,4-5,7H2,1-3H3;4-13H,1-3H3;1-2H3;2*1H;/q2*-1;;;;+4/p-2. The van der Waals surface area contributed by atoms with Crippen molar-refractivity contribution in [1.82, 2.24) is 0 Å². The van der Waals surface area contributed by atoms with Crippen LogP contribution in [0.3, 0.4) is 0 Å². The van der Waals surface area contributed by atoms with Crippen molar-refractivity contribution in [2.24, 2.45) is 0 Å². The van der Waals surface area contributed by atoms with Crippen molar-refractivity contribution in [3.05, 3.63) is 132 Å². The average Bonchev–Trinajstić information content (AvgIpc) is 3.72. The second-order valence-electron chi connectivity index (χ2n) is 13.1. The van der Waals surface area contributed by atoms with E-state index < -0.39 is 20.8 Å². The van der Waals surface area contributed by atoms with Gasteiger partial charge in [-0.2, -0.15) is 18.2 Å². The van der Waals surface area contributed by atoms with Crippen LogP contribution < -0.4 is 0 Å². The van der Waals surface area contributed by atoms with E-state index in [9.17, 15) is 0 Å². The van der Waals surface area contributed by atoms with Gasteiger partial charge in [-0.25, -0.2) is 0 Å². The summed E-state index contributed by atoms with van der Waals surface area (Å²) in [5, 5.41) is 5.41. The number of fused-ring (bicyclic) bond motifs is 2. The summed E-state index contributed by atoms with van der Waals surface area (Å²) in [5.41, 5.74) is 9.79. The molecule has 6 rings (SSSR count). The number of rotatable bonds is 6. The molecule has 0 spiro atoms. The molecule has 4 heteroatoms. The quantitative estimate of drug-likeness (QED) is 0.117. The van der Waals surface area contributed by atoms with E-state index in [1.807, 2.05) is 0 Å². The van der Waals surface area contributed by atoms with Gasteiger partial charge in [-0.1, -0.05) is 133 Å². The monoisotopic (exact) mass is 754 g/mol. The van der Waals surface area contributed by atoms with Crippen LogP contribution in [0.15, 0.2) is 115 Å². The molecule has 0 bridgehead atoms. The van der Waals surface area contributed by atoms with Gasteiger partial charge in [0.25, 0.3) is 0 Å². The normalized spacial score (nSPS) is 11.4. The third-order valence-electron chi connectivity index (χ3n) is 8.49. The molecule has 0 aliphatic heterocycles. The number of aryl methyl sites for hydroxylation is 1. The first kappa shape index (κ1) is 39.2. The molecule has 1 unspecified atom stereocenters. The second-order valence-corrected chi connectivity index (χ2v) is 17.8. The first-order chi connectivity index (χ1) is 22.6. The van der Waals surface area contributed by atoms with Crippen LogP contribution in [-0.4, -0.2) is 9.52 Å². The zero-order valence-corrected chi connectivity index (χ0v) is 34.4. The molecule has 244 valence electrons. The van der Waals surface area contributed by atoms with Gasteiger partial charge in [-0.3, -0.25) is 0 Å². The Hall–Kier alpha value is -2.22. The summed E-state index contributed by atoms with van der Waals surface area (Å²) in [5.74, 6) is 0.639. The van der Waals surface area contributed by atoms with Crippen LogP contribution in [0.4, 0.5) is 0 Å². The fourth-order valence-electron chi connectivity index (χ4n) is 5.77. The van der Waals surface area contributed by atoms with E-state index in [1.54, 1.807) is 0 Å². The van der Waals surface area contributed by atoms with Crippen LogP contribution in [0.1, 0.15) is 77.0 Å². The van der Waals surface area contributed by atoms with Crippen LogP contribution in [0.2, 0.25) is 13.1 Å². The van der Waals surface area contributed by atoms with Gasteiger partial charge in [0.15, 0.2) is 0 Å².